The molecule has 3 rings (SSSR count). The fourth-order valence-electron chi connectivity index (χ4n) is 2.88. The van der Waals surface area contributed by atoms with E-state index in [1.54, 1.807) is 10.9 Å². The first-order valence-electron chi connectivity index (χ1n) is 8.72. The number of piperidine rings is 1. The number of amides is 1. The summed E-state index contributed by atoms with van der Waals surface area (Å²) in [6.45, 7) is 6.15. The Labute approximate surface area is 151 Å². The van der Waals surface area contributed by atoms with Gasteiger partial charge in [-0.1, -0.05) is 19.0 Å². The molecular weight excluding hydrogens is 340 g/mol. The van der Waals surface area contributed by atoms with Crippen molar-refractivity contribution in [2.24, 2.45) is 5.92 Å². The molecule has 0 radical (unpaired) electrons. The molecule has 136 valence electrons. The number of carbonyl (C=O) groups is 1. The van der Waals surface area contributed by atoms with Gasteiger partial charge in [0.1, 0.15) is 5.69 Å². The second kappa shape index (κ2) is 8.53. The van der Waals surface area contributed by atoms with Crippen molar-refractivity contribution in [3.8, 4) is 0 Å². The van der Waals surface area contributed by atoms with Crippen molar-refractivity contribution in [1.82, 2.24) is 20.0 Å². The molecule has 0 spiro atoms. The smallest absolute Gasteiger partial charge is 0.273 e. The summed E-state index contributed by atoms with van der Waals surface area (Å²) in [5.74, 6) is 1.85. The van der Waals surface area contributed by atoms with Crippen molar-refractivity contribution < 1.29 is 14.1 Å². The van der Waals surface area contributed by atoms with Gasteiger partial charge in [-0.15, -0.1) is 11.3 Å². The fraction of sp³-hybridized carbons (Fsp3) is 0.647. The molecule has 3 heterocycles. The molecule has 1 atom stereocenters. The van der Waals surface area contributed by atoms with Gasteiger partial charge >= 0.3 is 0 Å². The summed E-state index contributed by atoms with van der Waals surface area (Å²) in [7, 11) is 0. The van der Waals surface area contributed by atoms with Gasteiger partial charge in [0.2, 0.25) is 5.89 Å². The first kappa shape index (κ1) is 18.0. The molecule has 1 aliphatic rings. The second-order valence-corrected chi connectivity index (χ2v) is 7.43. The highest BCUT2D eigenvalue weighted by Crippen LogP contribution is 2.16. The third-order valence-corrected chi connectivity index (χ3v) is 4.68. The Bertz CT molecular complexity index is 671. The summed E-state index contributed by atoms with van der Waals surface area (Å²) in [4.78, 5) is 22.7. The van der Waals surface area contributed by atoms with E-state index in [0.717, 1.165) is 25.8 Å². The van der Waals surface area contributed by atoms with Crippen molar-refractivity contribution in [1.29, 1.82) is 0 Å². The van der Waals surface area contributed by atoms with Gasteiger partial charge in [-0.05, 0) is 18.8 Å². The van der Waals surface area contributed by atoms with Crippen molar-refractivity contribution >= 4 is 17.2 Å². The summed E-state index contributed by atoms with van der Waals surface area (Å²) in [6.07, 6.45) is 3.38. The van der Waals surface area contributed by atoms with Crippen molar-refractivity contribution in [3.05, 3.63) is 28.3 Å². The molecule has 0 aliphatic carbocycles. The van der Waals surface area contributed by atoms with Gasteiger partial charge in [0.05, 0.1) is 18.2 Å². The number of rotatable bonds is 7. The van der Waals surface area contributed by atoms with E-state index in [-0.39, 0.29) is 12.0 Å². The summed E-state index contributed by atoms with van der Waals surface area (Å²) < 4.78 is 11.2. The lowest BCUT2D eigenvalue weighted by Gasteiger charge is -2.32. The van der Waals surface area contributed by atoms with E-state index in [4.69, 9.17) is 9.26 Å². The predicted molar refractivity (Wildman–Crippen MR) is 93.5 cm³/mol. The van der Waals surface area contributed by atoms with Crippen LogP contribution in [0.15, 0.2) is 15.4 Å². The van der Waals surface area contributed by atoms with Gasteiger partial charge in [0.25, 0.3) is 5.91 Å². The van der Waals surface area contributed by atoms with Crippen LogP contribution in [0.2, 0.25) is 0 Å². The zero-order chi connectivity index (χ0) is 17.6. The molecule has 8 heteroatoms. The van der Waals surface area contributed by atoms with Gasteiger partial charge in [-0.3, -0.25) is 4.79 Å². The highest BCUT2D eigenvalue weighted by molar-refractivity contribution is 7.07. The lowest BCUT2D eigenvalue weighted by atomic mass is 10.1. The number of thiazole rings is 1. The quantitative estimate of drug-likeness (QED) is 0.751. The molecule has 2 aromatic rings. The third-order valence-electron chi connectivity index (χ3n) is 4.09. The van der Waals surface area contributed by atoms with Crippen LogP contribution in [0.5, 0.6) is 0 Å². The molecule has 0 saturated carbocycles. The monoisotopic (exact) mass is 364 g/mol. The molecule has 1 saturated heterocycles. The maximum absolute atomic E-state index is 12.4. The Balaban J connectivity index is 1.44. The number of ether oxygens (including phenoxy) is 1. The maximum Gasteiger partial charge on any atom is 0.273 e. The first-order chi connectivity index (χ1) is 12.1. The molecule has 1 aliphatic heterocycles. The fourth-order valence-corrected chi connectivity index (χ4v) is 3.41. The van der Waals surface area contributed by atoms with E-state index in [1.807, 2.05) is 4.90 Å². The first-order valence-corrected chi connectivity index (χ1v) is 9.66. The molecule has 2 aromatic heterocycles. The number of hydrogen-bond acceptors (Lipinski definition) is 7. The third kappa shape index (κ3) is 5.09. The Morgan fingerprint density at radius 1 is 1.52 bits per heavy atom. The van der Waals surface area contributed by atoms with Crippen LogP contribution in [0.25, 0.3) is 0 Å². The highest BCUT2D eigenvalue weighted by atomic mass is 32.1. The van der Waals surface area contributed by atoms with E-state index in [9.17, 15) is 4.79 Å². The Morgan fingerprint density at radius 3 is 3.16 bits per heavy atom. The lowest BCUT2D eigenvalue weighted by Crippen LogP contribution is -2.43. The summed E-state index contributed by atoms with van der Waals surface area (Å²) in [6, 6.07) is 0. The molecule has 25 heavy (non-hydrogen) atoms. The van der Waals surface area contributed by atoms with Crippen LogP contribution >= 0.6 is 11.3 Å². The van der Waals surface area contributed by atoms with Crippen molar-refractivity contribution in [3.63, 3.8) is 0 Å². The van der Waals surface area contributed by atoms with Gasteiger partial charge in [-0.2, -0.15) is 4.98 Å². The number of likely N-dealkylation sites (tertiary alicyclic amines) is 1. The zero-order valence-corrected chi connectivity index (χ0v) is 15.5. The Morgan fingerprint density at radius 2 is 2.40 bits per heavy atom. The average Bonchev–Trinajstić information content (AvgIpc) is 3.26. The summed E-state index contributed by atoms with van der Waals surface area (Å²) >= 11 is 1.44. The van der Waals surface area contributed by atoms with Crippen LogP contribution in [0, 0.1) is 5.92 Å². The topological polar surface area (TPSA) is 81.4 Å². The second-order valence-electron chi connectivity index (χ2n) is 6.71. The standard InChI is InChI=1S/C17H24N4O3S/c1-12(2)8-16-19-15(20-24-16)5-7-23-13-4-3-6-21(9-13)17(22)14-10-25-11-18-14/h10-13H,3-9H2,1-2H3. The van der Waals surface area contributed by atoms with Crippen LogP contribution in [0.3, 0.4) is 0 Å². The van der Waals surface area contributed by atoms with Crippen molar-refractivity contribution in [2.75, 3.05) is 19.7 Å². The normalized spacial score (nSPS) is 18.0. The van der Waals surface area contributed by atoms with E-state index < -0.39 is 0 Å². The minimum atomic E-state index is -0.00829. The largest absolute Gasteiger partial charge is 0.376 e. The SMILES string of the molecule is CC(C)Cc1nc(CCOC2CCCN(C(=O)c3cscn3)C2)no1. The molecule has 1 fully saturated rings. The van der Waals surface area contributed by atoms with Crippen molar-refractivity contribution in [2.45, 2.75) is 45.6 Å². The minimum absolute atomic E-state index is 0.00829. The van der Waals surface area contributed by atoms with E-state index >= 15 is 0 Å². The molecule has 7 nitrogen and oxygen atoms in total. The van der Waals surface area contributed by atoms with Gasteiger partial charge < -0.3 is 14.2 Å². The molecule has 0 bridgehead atoms. The van der Waals surface area contributed by atoms with Crippen LogP contribution in [0.1, 0.15) is 48.9 Å². The van der Waals surface area contributed by atoms with Crippen LogP contribution in [0.4, 0.5) is 0 Å². The average molecular weight is 364 g/mol. The highest BCUT2D eigenvalue weighted by Gasteiger charge is 2.25. The Kier molecular flexibility index (Phi) is 6.14. The van der Waals surface area contributed by atoms with Crippen LogP contribution in [-0.4, -0.2) is 51.7 Å². The molecule has 1 amide bonds. The number of nitrogens with zero attached hydrogens (tertiary/aromatic N) is 4. The lowest BCUT2D eigenvalue weighted by molar-refractivity contribution is 0.00235. The van der Waals surface area contributed by atoms with Gasteiger partial charge in [0.15, 0.2) is 5.82 Å². The maximum atomic E-state index is 12.4. The Hall–Kier alpha value is -1.80. The van der Waals surface area contributed by atoms with Gasteiger partial charge in [-0.25, -0.2) is 4.98 Å². The van der Waals surface area contributed by atoms with E-state index in [2.05, 4.69) is 29.0 Å². The zero-order valence-electron chi connectivity index (χ0n) is 14.7. The van der Waals surface area contributed by atoms with Crippen LogP contribution in [-0.2, 0) is 17.6 Å². The number of carbonyl (C=O) groups excluding carboxylic acids is 1. The summed E-state index contributed by atoms with van der Waals surface area (Å²) in [5.41, 5.74) is 2.21. The molecule has 0 aromatic carbocycles. The van der Waals surface area contributed by atoms with Crippen LogP contribution < -0.4 is 0 Å². The van der Waals surface area contributed by atoms with E-state index in [1.165, 1.54) is 11.3 Å². The van der Waals surface area contributed by atoms with Gasteiger partial charge in [0, 0.05) is 31.3 Å². The van der Waals surface area contributed by atoms with E-state index in [0.29, 0.717) is 42.9 Å². The molecule has 1 unspecified atom stereocenters. The number of aromatic nitrogens is 3. The minimum Gasteiger partial charge on any atom is -0.376 e. The summed E-state index contributed by atoms with van der Waals surface area (Å²) in [5, 5.41) is 5.78. The predicted octanol–water partition coefficient (Wildman–Crippen LogP) is 2.59. The molecule has 0 N–H and O–H groups in total. The number of hydrogen-bond donors (Lipinski definition) is 0. The molecular formula is C17H24N4O3S.